The number of hydrogen-bond acceptors (Lipinski definition) is 2. The van der Waals surface area contributed by atoms with E-state index in [9.17, 15) is 4.39 Å². The van der Waals surface area contributed by atoms with Crippen LogP contribution in [0.3, 0.4) is 0 Å². The third-order valence-electron chi connectivity index (χ3n) is 5.12. The van der Waals surface area contributed by atoms with E-state index in [0.717, 1.165) is 37.3 Å². The smallest absolute Gasteiger partial charge is 0.128 e. The fourth-order valence-corrected chi connectivity index (χ4v) is 4.03. The quantitative estimate of drug-likeness (QED) is 0.914. The maximum Gasteiger partial charge on any atom is 0.128 e. The molecular weight excluding hydrogens is 263 g/mol. The molecule has 1 saturated heterocycles. The molecule has 2 aliphatic rings. The number of aryl methyl sites for hydroxylation is 1. The molecule has 3 heteroatoms. The minimum Gasteiger partial charge on any atom is -0.314 e. The van der Waals surface area contributed by atoms with Crippen LogP contribution in [-0.4, -0.2) is 31.1 Å². The molecule has 0 aromatic heterocycles. The summed E-state index contributed by atoms with van der Waals surface area (Å²) in [6.07, 6.45) is 6.46. The second kappa shape index (κ2) is 6.89. The number of nitrogens with one attached hydrogen (secondary N) is 1. The van der Waals surface area contributed by atoms with Gasteiger partial charge in [0.1, 0.15) is 5.82 Å². The summed E-state index contributed by atoms with van der Waals surface area (Å²) in [5.74, 6) is 0.609. The van der Waals surface area contributed by atoms with Crippen LogP contribution in [-0.2, 0) is 0 Å². The normalized spacial score (nSPS) is 23.1. The molecule has 1 aliphatic heterocycles. The van der Waals surface area contributed by atoms with Crippen LogP contribution in [0.2, 0.25) is 0 Å². The summed E-state index contributed by atoms with van der Waals surface area (Å²) in [5, 5.41) is 3.41. The zero-order valence-electron chi connectivity index (χ0n) is 13.1. The number of rotatable bonds is 3. The molecule has 1 saturated carbocycles. The fourth-order valence-electron chi connectivity index (χ4n) is 4.03. The van der Waals surface area contributed by atoms with Gasteiger partial charge in [0.2, 0.25) is 0 Å². The molecule has 0 unspecified atom stereocenters. The summed E-state index contributed by atoms with van der Waals surface area (Å²) in [6, 6.07) is 6.07. The maximum absolute atomic E-state index is 14.6. The van der Waals surface area contributed by atoms with Crippen LogP contribution in [0.4, 0.5) is 4.39 Å². The minimum atomic E-state index is -0.0101. The first kappa shape index (κ1) is 15.0. The Morgan fingerprint density at radius 2 is 1.86 bits per heavy atom. The largest absolute Gasteiger partial charge is 0.314 e. The molecular formula is C18H27FN2. The number of benzene rings is 1. The van der Waals surface area contributed by atoms with Crippen LogP contribution in [0.15, 0.2) is 18.2 Å². The lowest BCUT2D eigenvalue weighted by Gasteiger charge is -2.41. The highest BCUT2D eigenvalue weighted by Crippen LogP contribution is 2.39. The third-order valence-corrected chi connectivity index (χ3v) is 5.12. The van der Waals surface area contributed by atoms with Crippen LogP contribution < -0.4 is 5.32 Å². The Hall–Kier alpha value is -0.930. The van der Waals surface area contributed by atoms with E-state index in [4.69, 9.17) is 0 Å². The highest BCUT2D eigenvalue weighted by Gasteiger charge is 2.32. The molecule has 21 heavy (non-hydrogen) atoms. The molecule has 1 aromatic rings. The van der Waals surface area contributed by atoms with Gasteiger partial charge in [0.25, 0.3) is 0 Å². The van der Waals surface area contributed by atoms with Crippen molar-refractivity contribution in [3.05, 3.63) is 35.1 Å². The summed E-state index contributed by atoms with van der Waals surface area (Å²) in [7, 11) is 0. The average Bonchev–Trinajstić information content (AvgIpc) is 2.52. The van der Waals surface area contributed by atoms with Crippen molar-refractivity contribution in [2.24, 2.45) is 5.92 Å². The van der Waals surface area contributed by atoms with E-state index in [1.807, 2.05) is 13.0 Å². The van der Waals surface area contributed by atoms with E-state index in [0.29, 0.717) is 5.92 Å². The van der Waals surface area contributed by atoms with Crippen molar-refractivity contribution in [3.63, 3.8) is 0 Å². The van der Waals surface area contributed by atoms with E-state index in [-0.39, 0.29) is 11.9 Å². The van der Waals surface area contributed by atoms with Crippen LogP contribution in [0.5, 0.6) is 0 Å². The Labute approximate surface area is 127 Å². The van der Waals surface area contributed by atoms with Crippen molar-refractivity contribution in [1.29, 1.82) is 0 Å². The summed E-state index contributed by atoms with van der Waals surface area (Å²) in [4.78, 5) is 2.51. The zero-order valence-corrected chi connectivity index (χ0v) is 13.1. The Kier molecular flexibility index (Phi) is 4.91. The molecule has 3 rings (SSSR count). The number of hydrogen-bond donors (Lipinski definition) is 1. The van der Waals surface area contributed by atoms with E-state index in [1.54, 1.807) is 6.07 Å². The predicted molar refractivity (Wildman–Crippen MR) is 84.9 cm³/mol. The Morgan fingerprint density at radius 3 is 2.52 bits per heavy atom. The molecule has 1 aromatic carbocycles. The van der Waals surface area contributed by atoms with Gasteiger partial charge >= 0.3 is 0 Å². The van der Waals surface area contributed by atoms with Gasteiger partial charge in [0.05, 0.1) is 0 Å². The Bertz CT molecular complexity index is 444. The molecule has 1 atom stereocenters. The van der Waals surface area contributed by atoms with Gasteiger partial charge in [-0.15, -0.1) is 0 Å². The summed E-state index contributed by atoms with van der Waals surface area (Å²) in [5.41, 5.74) is 1.94. The standard InChI is InChI=1S/C18H27FN2/c1-14-7-8-16(17(19)13-14)18(15-5-3-2-4-6-15)21-11-9-20-10-12-21/h7-8,13,15,18,20H,2-6,9-12H2,1H3/t18-/m0/s1. The Morgan fingerprint density at radius 1 is 1.14 bits per heavy atom. The second-order valence-electron chi connectivity index (χ2n) is 6.65. The number of piperazine rings is 1. The van der Waals surface area contributed by atoms with Crippen LogP contribution >= 0.6 is 0 Å². The predicted octanol–water partition coefficient (Wildman–Crippen LogP) is 3.66. The molecule has 1 N–H and O–H groups in total. The summed E-state index contributed by atoms with van der Waals surface area (Å²) >= 11 is 0. The summed E-state index contributed by atoms with van der Waals surface area (Å²) in [6.45, 7) is 6.09. The van der Waals surface area contributed by atoms with Gasteiger partial charge in [-0.25, -0.2) is 4.39 Å². The van der Waals surface area contributed by atoms with Gasteiger partial charge in [-0.1, -0.05) is 31.4 Å². The first-order chi connectivity index (χ1) is 10.3. The molecule has 0 radical (unpaired) electrons. The molecule has 2 nitrogen and oxygen atoms in total. The van der Waals surface area contributed by atoms with Crippen LogP contribution in [0.1, 0.15) is 49.3 Å². The van der Waals surface area contributed by atoms with Gasteiger partial charge in [-0.2, -0.15) is 0 Å². The fraction of sp³-hybridized carbons (Fsp3) is 0.667. The van der Waals surface area contributed by atoms with Crippen LogP contribution in [0, 0.1) is 18.7 Å². The van der Waals surface area contributed by atoms with Gasteiger partial charge in [-0.3, -0.25) is 4.90 Å². The first-order valence-electron chi connectivity index (χ1n) is 8.46. The van der Waals surface area contributed by atoms with Crippen molar-refractivity contribution < 1.29 is 4.39 Å². The van der Waals surface area contributed by atoms with E-state index in [2.05, 4.69) is 16.3 Å². The highest BCUT2D eigenvalue weighted by atomic mass is 19.1. The molecule has 116 valence electrons. The van der Waals surface area contributed by atoms with Crippen molar-refractivity contribution in [2.75, 3.05) is 26.2 Å². The highest BCUT2D eigenvalue weighted by molar-refractivity contribution is 5.27. The third kappa shape index (κ3) is 3.46. The molecule has 2 fully saturated rings. The monoisotopic (exact) mass is 290 g/mol. The van der Waals surface area contributed by atoms with Crippen LogP contribution in [0.25, 0.3) is 0 Å². The van der Waals surface area contributed by atoms with Crippen molar-refractivity contribution in [3.8, 4) is 0 Å². The minimum absolute atomic E-state index is 0.0101. The molecule has 0 amide bonds. The van der Waals surface area contributed by atoms with Gasteiger partial charge in [0.15, 0.2) is 0 Å². The lowest BCUT2D eigenvalue weighted by molar-refractivity contribution is 0.101. The summed E-state index contributed by atoms with van der Waals surface area (Å²) < 4.78 is 14.6. The lowest BCUT2D eigenvalue weighted by Crippen LogP contribution is -2.47. The van der Waals surface area contributed by atoms with Crippen molar-refractivity contribution >= 4 is 0 Å². The zero-order chi connectivity index (χ0) is 14.7. The van der Waals surface area contributed by atoms with Gasteiger partial charge in [0, 0.05) is 37.8 Å². The van der Waals surface area contributed by atoms with E-state index < -0.39 is 0 Å². The number of halogens is 1. The topological polar surface area (TPSA) is 15.3 Å². The molecule has 0 bridgehead atoms. The molecule has 0 spiro atoms. The SMILES string of the molecule is Cc1ccc([C@H](C2CCCCC2)N2CCNCC2)c(F)c1. The average molecular weight is 290 g/mol. The maximum atomic E-state index is 14.6. The number of nitrogens with zero attached hydrogens (tertiary/aromatic N) is 1. The first-order valence-corrected chi connectivity index (χ1v) is 8.46. The van der Waals surface area contributed by atoms with Gasteiger partial charge < -0.3 is 5.32 Å². The molecule has 1 aliphatic carbocycles. The van der Waals surface area contributed by atoms with Gasteiger partial charge in [-0.05, 0) is 37.3 Å². The second-order valence-corrected chi connectivity index (χ2v) is 6.65. The van der Waals surface area contributed by atoms with E-state index >= 15 is 0 Å². The Balaban J connectivity index is 1.89. The van der Waals surface area contributed by atoms with Crippen molar-refractivity contribution in [2.45, 2.75) is 45.1 Å². The van der Waals surface area contributed by atoms with Crippen molar-refractivity contribution in [1.82, 2.24) is 10.2 Å². The molecule has 1 heterocycles. The lowest BCUT2D eigenvalue weighted by atomic mass is 9.80. The van der Waals surface area contributed by atoms with E-state index in [1.165, 1.54) is 32.1 Å².